The Bertz CT molecular complexity index is 708. The van der Waals surface area contributed by atoms with E-state index in [0.717, 1.165) is 5.56 Å². The Morgan fingerprint density at radius 1 is 1.29 bits per heavy atom. The van der Waals surface area contributed by atoms with Gasteiger partial charge in [0.05, 0.1) is 4.92 Å². The minimum atomic E-state index is -0.517. The van der Waals surface area contributed by atoms with E-state index in [2.05, 4.69) is 20.3 Å². The number of rotatable bonds is 4. The molecule has 0 bridgehead atoms. The van der Waals surface area contributed by atoms with E-state index in [1.165, 1.54) is 6.07 Å². The third-order valence-electron chi connectivity index (χ3n) is 2.60. The summed E-state index contributed by atoms with van der Waals surface area (Å²) in [6.07, 6.45) is 0. The highest BCUT2D eigenvalue weighted by Crippen LogP contribution is 2.34. The van der Waals surface area contributed by atoms with Gasteiger partial charge in [0, 0.05) is 13.1 Å². The van der Waals surface area contributed by atoms with Crippen LogP contribution in [0.1, 0.15) is 11.1 Å². The topological polar surface area (TPSA) is 103 Å². The molecule has 0 spiro atoms. The van der Waals surface area contributed by atoms with Crippen LogP contribution in [-0.4, -0.2) is 26.9 Å². The normalized spacial score (nSPS) is 10.3. The lowest BCUT2D eigenvalue weighted by Crippen LogP contribution is -2.03. The lowest BCUT2D eigenvalue weighted by atomic mass is 10.1. The molecule has 9 heteroatoms. The fourth-order valence-corrected chi connectivity index (χ4v) is 1.93. The third-order valence-corrected chi connectivity index (χ3v) is 2.77. The van der Waals surface area contributed by atoms with Gasteiger partial charge in [0.1, 0.15) is 0 Å². The first-order chi connectivity index (χ1) is 9.90. The summed E-state index contributed by atoms with van der Waals surface area (Å²) in [5, 5.41) is 13.8. The zero-order chi connectivity index (χ0) is 15.6. The number of hydrogen-bond donors (Lipinski definition) is 1. The third kappa shape index (κ3) is 3.34. The van der Waals surface area contributed by atoms with Crippen LogP contribution >= 0.6 is 11.6 Å². The summed E-state index contributed by atoms with van der Waals surface area (Å²) in [6.45, 7) is 3.47. The van der Waals surface area contributed by atoms with E-state index in [1.807, 2.05) is 0 Å². The van der Waals surface area contributed by atoms with Crippen LogP contribution in [0.15, 0.2) is 12.1 Å². The Hall–Kier alpha value is -2.48. The fourth-order valence-electron chi connectivity index (χ4n) is 1.78. The molecule has 1 heterocycles. The predicted octanol–water partition coefficient (Wildman–Crippen LogP) is 2.88. The molecule has 0 aliphatic rings. The van der Waals surface area contributed by atoms with Gasteiger partial charge < -0.3 is 10.1 Å². The number of nitrogens with one attached hydrogen (secondary N) is 1. The number of benzene rings is 1. The van der Waals surface area contributed by atoms with Crippen molar-refractivity contribution in [1.29, 1.82) is 0 Å². The molecule has 0 fully saturated rings. The van der Waals surface area contributed by atoms with Gasteiger partial charge in [-0.2, -0.15) is 15.0 Å². The van der Waals surface area contributed by atoms with Crippen LogP contribution in [0.3, 0.4) is 0 Å². The minimum absolute atomic E-state index is 0.0724. The first-order valence-corrected chi connectivity index (χ1v) is 6.31. The SMILES string of the molecule is CNc1nc(Cl)nc(Oc2c(C)cc(C)cc2[N+](=O)[O-])n1. The highest BCUT2D eigenvalue weighted by Gasteiger charge is 2.20. The Balaban J connectivity index is 2.48. The minimum Gasteiger partial charge on any atom is -0.416 e. The summed E-state index contributed by atoms with van der Waals surface area (Å²) >= 11 is 5.75. The molecular formula is C12H12ClN5O3. The molecule has 110 valence electrons. The number of aromatic nitrogens is 3. The van der Waals surface area contributed by atoms with E-state index in [1.54, 1.807) is 27.0 Å². The molecule has 8 nitrogen and oxygen atoms in total. The summed E-state index contributed by atoms with van der Waals surface area (Å²) in [4.78, 5) is 22.2. The second-order valence-corrected chi connectivity index (χ2v) is 4.59. The Morgan fingerprint density at radius 3 is 2.62 bits per heavy atom. The van der Waals surface area contributed by atoms with E-state index in [4.69, 9.17) is 16.3 Å². The Kier molecular flexibility index (Phi) is 4.18. The summed E-state index contributed by atoms with van der Waals surface area (Å²) in [7, 11) is 1.61. The monoisotopic (exact) mass is 309 g/mol. The first kappa shape index (κ1) is 14.9. The van der Waals surface area contributed by atoms with Crippen molar-refractivity contribution in [2.75, 3.05) is 12.4 Å². The number of nitro groups is 1. The maximum Gasteiger partial charge on any atom is 0.328 e. The van der Waals surface area contributed by atoms with E-state index in [9.17, 15) is 10.1 Å². The van der Waals surface area contributed by atoms with Gasteiger partial charge in [-0.05, 0) is 36.6 Å². The van der Waals surface area contributed by atoms with Crippen LogP contribution in [0, 0.1) is 24.0 Å². The summed E-state index contributed by atoms with van der Waals surface area (Å²) in [5.41, 5.74) is 1.20. The average Bonchev–Trinajstić information content (AvgIpc) is 2.40. The van der Waals surface area contributed by atoms with Crippen LogP contribution in [-0.2, 0) is 0 Å². The molecule has 1 aromatic heterocycles. The smallest absolute Gasteiger partial charge is 0.328 e. The highest BCUT2D eigenvalue weighted by molar-refractivity contribution is 6.28. The van der Waals surface area contributed by atoms with Crippen LogP contribution in [0.2, 0.25) is 5.28 Å². The van der Waals surface area contributed by atoms with Gasteiger partial charge in [0.25, 0.3) is 0 Å². The summed E-state index contributed by atoms with van der Waals surface area (Å²) in [5.74, 6) is 0.285. The van der Waals surface area contributed by atoms with Crippen LogP contribution in [0.5, 0.6) is 11.8 Å². The number of anilines is 1. The number of nitrogens with zero attached hydrogens (tertiary/aromatic N) is 4. The number of ether oxygens (including phenoxy) is 1. The second-order valence-electron chi connectivity index (χ2n) is 4.25. The van der Waals surface area contributed by atoms with Gasteiger partial charge in [0.2, 0.25) is 17.0 Å². The standard InChI is InChI=1S/C12H12ClN5O3/c1-6-4-7(2)9(8(5-6)18(19)20)21-12-16-10(13)15-11(14-3)17-12/h4-5H,1-3H3,(H,14,15,16,17). The highest BCUT2D eigenvalue weighted by atomic mass is 35.5. The Morgan fingerprint density at radius 2 is 2.00 bits per heavy atom. The lowest BCUT2D eigenvalue weighted by molar-refractivity contribution is -0.385. The van der Waals surface area contributed by atoms with Gasteiger partial charge >= 0.3 is 11.7 Å². The van der Waals surface area contributed by atoms with E-state index >= 15 is 0 Å². The van der Waals surface area contributed by atoms with Crippen molar-refractivity contribution in [3.63, 3.8) is 0 Å². The van der Waals surface area contributed by atoms with E-state index in [0.29, 0.717) is 5.56 Å². The second kappa shape index (κ2) is 5.88. The van der Waals surface area contributed by atoms with Gasteiger partial charge in [-0.25, -0.2) is 0 Å². The molecule has 0 saturated heterocycles. The van der Waals surface area contributed by atoms with Crippen LogP contribution in [0.25, 0.3) is 0 Å². The molecule has 0 amide bonds. The van der Waals surface area contributed by atoms with Crippen molar-refractivity contribution in [1.82, 2.24) is 15.0 Å². The van der Waals surface area contributed by atoms with Gasteiger partial charge in [-0.3, -0.25) is 10.1 Å². The van der Waals surface area contributed by atoms with Crippen molar-refractivity contribution < 1.29 is 9.66 Å². The molecule has 0 atom stereocenters. The lowest BCUT2D eigenvalue weighted by Gasteiger charge is -2.09. The maximum absolute atomic E-state index is 11.1. The average molecular weight is 310 g/mol. The van der Waals surface area contributed by atoms with E-state index < -0.39 is 4.92 Å². The fraction of sp³-hybridized carbons (Fsp3) is 0.250. The molecule has 0 unspecified atom stereocenters. The Labute approximate surface area is 125 Å². The molecule has 0 aliphatic carbocycles. The van der Waals surface area contributed by atoms with E-state index in [-0.39, 0.29) is 28.7 Å². The number of nitro benzene ring substituents is 1. The molecule has 21 heavy (non-hydrogen) atoms. The first-order valence-electron chi connectivity index (χ1n) is 5.93. The van der Waals surface area contributed by atoms with Crippen molar-refractivity contribution in [3.8, 4) is 11.8 Å². The number of aryl methyl sites for hydroxylation is 2. The van der Waals surface area contributed by atoms with Crippen LogP contribution in [0.4, 0.5) is 11.6 Å². The molecule has 1 N–H and O–H groups in total. The van der Waals surface area contributed by atoms with Crippen LogP contribution < -0.4 is 10.1 Å². The zero-order valence-corrected chi connectivity index (χ0v) is 12.3. The molecule has 0 radical (unpaired) electrons. The van der Waals surface area contributed by atoms with Crippen molar-refractivity contribution in [2.24, 2.45) is 0 Å². The van der Waals surface area contributed by atoms with Crippen molar-refractivity contribution in [2.45, 2.75) is 13.8 Å². The molecule has 1 aromatic carbocycles. The summed E-state index contributed by atoms with van der Waals surface area (Å²) < 4.78 is 5.45. The molecule has 0 aliphatic heterocycles. The van der Waals surface area contributed by atoms with Gasteiger partial charge in [0.15, 0.2) is 0 Å². The zero-order valence-electron chi connectivity index (χ0n) is 11.5. The predicted molar refractivity (Wildman–Crippen MR) is 77.0 cm³/mol. The quantitative estimate of drug-likeness (QED) is 0.684. The largest absolute Gasteiger partial charge is 0.416 e. The molecule has 2 aromatic rings. The molecule has 0 saturated carbocycles. The number of hydrogen-bond acceptors (Lipinski definition) is 7. The summed E-state index contributed by atoms with van der Waals surface area (Å²) in [6, 6.07) is 3.07. The van der Waals surface area contributed by atoms with Crippen molar-refractivity contribution >= 4 is 23.2 Å². The molecular weight excluding hydrogens is 298 g/mol. The maximum atomic E-state index is 11.1. The van der Waals surface area contributed by atoms with Crippen molar-refractivity contribution in [3.05, 3.63) is 38.7 Å². The van der Waals surface area contributed by atoms with Gasteiger partial charge in [-0.1, -0.05) is 6.07 Å². The van der Waals surface area contributed by atoms with Gasteiger partial charge in [-0.15, -0.1) is 0 Å². The number of halogens is 1. The molecule has 2 rings (SSSR count).